The van der Waals surface area contributed by atoms with Crippen LogP contribution in [0.5, 0.6) is 0 Å². The third kappa shape index (κ3) is 5.21. The Morgan fingerprint density at radius 1 is 1.27 bits per heavy atom. The lowest BCUT2D eigenvalue weighted by Gasteiger charge is -2.43. The van der Waals surface area contributed by atoms with E-state index < -0.39 is 18.0 Å². The number of hydrogen-bond donors (Lipinski definition) is 0. The summed E-state index contributed by atoms with van der Waals surface area (Å²) >= 11 is 2.87. The summed E-state index contributed by atoms with van der Waals surface area (Å²) in [6.45, 7) is 4.98. The molecule has 0 N–H and O–H groups in total. The van der Waals surface area contributed by atoms with E-state index in [4.69, 9.17) is 4.74 Å². The van der Waals surface area contributed by atoms with E-state index in [0.717, 1.165) is 11.8 Å². The first-order valence-corrected chi connectivity index (χ1v) is 10.3. The van der Waals surface area contributed by atoms with Gasteiger partial charge in [0.15, 0.2) is 5.69 Å². The number of amides is 1. The number of halogens is 4. The Morgan fingerprint density at radius 3 is 2.60 bits per heavy atom. The second kappa shape index (κ2) is 9.20. The molecule has 1 saturated heterocycles. The minimum absolute atomic E-state index is 0.00141. The van der Waals surface area contributed by atoms with E-state index in [-0.39, 0.29) is 29.0 Å². The summed E-state index contributed by atoms with van der Waals surface area (Å²) in [6.07, 6.45) is -3.92. The highest BCUT2D eigenvalue weighted by molar-refractivity contribution is 9.10. The molecule has 3 rings (SSSR count). The van der Waals surface area contributed by atoms with Gasteiger partial charge < -0.3 is 14.5 Å². The first kappa shape index (κ1) is 22.3. The Hall–Kier alpha value is -2.36. The summed E-state index contributed by atoms with van der Waals surface area (Å²) in [6, 6.07) is 9.10. The highest BCUT2D eigenvalue weighted by Crippen LogP contribution is 2.34. The van der Waals surface area contributed by atoms with Crippen molar-refractivity contribution in [2.24, 2.45) is 5.92 Å². The smallest absolute Gasteiger partial charge is 0.434 e. The van der Waals surface area contributed by atoms with Crippen LogP contribution in [0.1, 0.15) is 25.1 Å². The molecule has 2 heterocycles. The van der Waals surface area contributed by atoms with Gasteiger partial charge in [0.25, 0.3) is 0 Å². The molecule has 162 valence electrons. The molecular formula is C20H22BrF3N4O2. The Bertz CT molecular complexity index is 880. The van der Waals surface area contributed by atoms with Crippen LogP contribution in [0.15, 0.2) is 41.0 Å². The fourth-order valence-electron chi connectivity index (χ4n) is 3.30. The summed E-state index contributed by atoms with van der Waals surface area (Å²) < 4.78 is 44.9. The predicted octanol–water partition coefficient (Wildman–Crippen LogP) is 4.74. The first-order chi connectivity index (χ1) is 14.2. The van der Waals surface area contributed by atoms with Crippen LogP contribution in [0.2, 0.25) is 0 Å². The van der Waals surface area contributed by atoms with Crippen molar-refractivity contribution in [1.29, 1.82) is 0 Å². The van der Waals surface area contributed by atoms with Crippen molar-refractivity contribution in [3.05, 3.63) is 52.3 Å². The predicted molar refractivity (Wildman–Crippen MR) is 109 cm³/mol. The molecule has 0 unspecified atom stereocenters. The highest BCUT2D eigenvalue weighted by atomic mass is 79.9. The first-order valence-electron chi connectivity index (χ1n) is 9.49. The van der Waals surface area contributed by atoms with Crippen LogP contribution in [-0.2, 0) is 17.5 Å². The Morgan fingerprint density at radius 2 is 1.97 bits per heavy atom. The van der Waals surface area contributed by atoms with Crippen LogP contribution in [0.4, 0.5) is 23.9 Å². The molecule has 6 nitrogen and oxygen atoms in total. The molecule has 0 spiro atoms. The lowest BCUT2D eigenvalue weighted by Crippen LogP contribution is -2.57. The number of nitrogens with zero attached hydrogens (tertiary/aromatic N) is 4. The average molecular weight is 487 g/mol. The molecule has 1 aromatic carbocycles. The van der Waals surface area contributed by atoms with Gasteiger partial charge in [0.1, 0.15) is 6.61 Å². The van der Waals surface area contributed by atoms with Crippen molar-refractivity contribution in [3.63, 3.8) is 0 Å². The van der Waals surface area contributed by atoms with E-state index in [0.29, 0.717) is 19.6 Å². The number of rotatable bonds is 4. The second-order valence-corrected chi connectivity index (χ2v) is 8.21. The van der Waals surface area contributed by atoms with Gasteiger partial charge in [-0.25, -0.2) is 14.8 Å². The molecule has 1 aliphatic rings. The molecule has 2 aromatic rings. The molecule has 10 heteroatoms. The number of ether oxygens (including phenoxy) is 1. The summed E-state index contributed by atoms with van der Waals surface area (Å²) in [4.78, 5) is 23.7. The quantitative estimate of drug-likeness (QED) is 0.624. The lowest BCUT2D eigenvalue weighted by molar-refractivity contribution is -0.141. The third-order valence-electron chi connectivity index (χ3n) is 4.91. The number of hydrogen-bond acceptors (Lipinski definition) is 5. The number of anilines is 1. The fourth-order valence-corrected chi connectivity index (χ4v) is 3.72. The highest BCUT2D eigenvalue weighted by Gasteiger charge is 2.38. The van der Waals surface area contributed by atoms with Crippen molar-refractivity contribution in [3.8, 4) is 0 Å². The van der Waals surface area contributed by atoms with Gasteiger partial charge in [-0.3, -0.25) is 0 Å². The van der Waals surface area contributed by atoms with Gasteiger partial charge in [-0.05, 0) is 27.4 Å². The topological polar surface area (TPSA) is 58.6 Å². The van der Waals surface area contributed by atoms with E-state index in [9.17, 15) is 18.0 Å². The van der Waals surface area contributed by atoms with Crippen molar-refractivity contribution >= 4 is 28.0 Å². The normalized spacial score (nSPS) is 17.4. The summed E-state index contributed by atoms with van der Waals surface area (Å²) in [7, 11) is 0. The van der Waals surface area contributed by atoms with Crippen LogP contribution in [0, 0.1) is 5.92 Å². The van der Waals surface area contributed by atoms with Crippen molar-refractivity contribution in [2.75, 3.05) is 24.5 Å². The van der Waals surface area contributed by atoms with E-state index in [1.54, 1.807) is 9.80 Å². The Kier molecular flexibility index (Phi) is 6.84. The fraction of sp³-hybridized carbons (Fsp3) is 0.450. The van der Waals surface area contributed by atoms with Crippen LogP contribution in [0.3, 0.4) is 0 Å². The minimum Gasteiger partial charge on any atom is -0.445 e. The van der Waals surface area contributed by atoms with Crippen LogP contribution in [0.25, 0.3) is 0 Å². The number of benzene rings is 1. The Labute approximate surface area is 181 Å². The maximum Gasteiger partial charge on any atom is 0.434 e. The van der Waals surface area contributed by atoms with Crippen LogP contribution >= 0.6 is 15.9 Å². The van der Waals surface area contributed by atoms with Crippen molar-refractivity contribution < 1.29 is 22.7 Å². The molecular weight excluding hydrogens is 465 g/mol. The number of carbonyl (C=O) groups is 1. The van der Waals surface area contributed by atoms with Gasteiger partial charge >= 0.3 is 12.3 Å². The molecule has 1 aromatic heterocycles. The number of piperazine rings is 1. The SMILES string of the molecule is CC(C)[C@@H]1CN(C(=O)OCc2ccccc2)CCN1c1ncc(Br)c(C(F)(F)F)n1. The van der Waals surface area contributed by atoms with Gasteiger partial charge in [0.2, 0.25) is 5.95 Å². The molecule has 1 aliphatic heterocycles. The molecule has 1 atom stereocenters. The summed E-state index contributed by atoms with van der Waals surface area (Å²) in [5.41, 5.74) is -0.132. The minimum atomic E-state index is -4.59. The molecule has 30 heavy (non-hydrogen) atoms. The number of alkyl halides is 3. The van der Waals surface area contributed by atoms with Gasteiger partial charge in [-0.15, -0.1) is 0 Å². The monoisotopic (exact) mass is 486 g/mol. The zero-order valence-electron chi connectivity index (χ0n) is 16.6. The lowest BCUT2D eigenvalue weighted by atomic mass is 10.00. The van der Waals surface area contributed by atoms with E-state index in [1.165, 1.54) is 0 Å². The average Bonchev–Trinajstić information content (AvgIpc) is 2.72. The van der Waals surface area contributed by atoms with Gasteiger partial charge in [0.05, 0.1) is 10.5 Å². The summed E-state index contributed by atoms with van der Waals surface area (Å²) in [5, 5.41) is 0. The second-order valence-electron chi connectivity index (χ2n) is 7.36. The Balaban J connectivity index is 1.72. The molecule has 0 saturated carbocycles. The van der Waals surface area contributed by atoms with E-state index in [2.05, 4.69) is 25.9 Å². The number of aromatic nitrogens is 2. The van der Waals surface area contributed by atoms with Crippen molar-refractivity contribution in [2.45, 2.75) is 32.7 Å². The van der Waals surface area contributed by atoms with Crippen LogP contribution < -0.4 is 4.90 Å². The van der Waals surface area contributed by atoms with Gasteiger partial charge in [-0.2, -0.15) is 13.2 Å². The molecule has 0 radical (unpaired) electrons. The summed E-state index contributed by atoms with van der Waals surface area (Å²) in [5.74, 6) is 0.0536. The standard InChI is InChI=1S/C20H22BrF3N4O2/c1-13(2)16-11-27(19(29)30-12-14-6-4-3-5-7-14)8-9-28(16)18-25-10-15(21)17(26-18)20(22,23)24/h3-7,10,13,16H,8-9,11-12H2,1-2H3/t16-/m0/s1. The third-order valence-corrected chi connectivity index (χ3v) is 5.49. The van der Waals surface area contributed by atoms with E-state index in [1.807, 2.05) is 44.2 Å². The zero-order valence-corrected chi connectivity index (χ0v) is 18.2. The zero-order chi connectivity index (χ0) is 21.9. The maximum absolute atomic E-state index is 13.2. The van der Waals surface area contributed by atoms with Crippen LogP contribution in [-0.4, -0.2) is 46.6 Å². The molecule has 1 fully saturated rings. The number of carbonyl (C=O) groups excluding carboxylic acids is 1. The molecule has 1 amide bonds. The maximum atomic E-state index is 13.2. The van der Waals surface area contributed by atoms with Gasteiger partial charge in [-0.1, -0.05) is 44.2 Å². The molecule has 0 bridgehead atoms. The molecule has 0 aliphatic carbocycles. The van der Waals surface area contributed by atoms with Gasteiger partial charge in [0, 0.05) is 25.8 Å². The van der Waals surface area contributed by atoms with E-state index >= 15 is 0 Å². The van der Waals surface area contributed by atoms with Crippen molar-refractivity contribution in [1.82, 2.24) is 14.9 Å². The largest absolute Gasteiger partial charge is 0.445 e.